The molecule has 1 atom stereocenters. The van der Waals surface area contributed by atoms with Gasteiger partial charge < -0.3 is 10.1 Å². The summed E-state index contributed by atoms with van der Waals surface area (Å²) < 4.78 is 5.03. The van der Waals surface area contributed by atoms with Gasteiger partial charge in [0.1, 0.15) is 0 Å². The number of hydrogen-bond donors (Lipinski definition) is 1. The van der Waals surface area contributed by atoms with Crippen LogP contribution in [0.25, 0.3) is 0 Å². The van der Waals surface area contributed by atoms with Crippen LogP contribution in [-0.2, 0) is 4.74 Å². The molecule has 1 N–H and O–H groups in total. The minimum Gasteiger partial charge on any atom is -0.383 e. The van der Waals surface area contributed by atoms with Crippen molar-refractivity contribution in [1.82, 2.24) is 5.32 Å². The number of likely N-dealkylation sites (N-methyl/N-ethyl adjacent to an activating group) is 1. The molecule has 0 aliphatic rings. The predicted octanol–water partition coefficient (Wildman–Crippen LogP) is 1.27. The van der Waals surface area contributed by atoms with E-state index in [1.165, 1.54) is 6.42 Å². The summed E-state index contributed by atoms with van der Waals surface area (Å²) in [5, 5.41) is 3.21. The molecule has 0 bridgehead atoms. The van der Waals surface area contributed by atoms with E-state index in [9.17, 15) is 0 Å². The van der Waals surface area contributed by atoms with Crippen LogP contribution in [0.5, 0.6) is 0 Å². The summed E-state index contributed by atoms with van der Waals surface area (Å²) in [6.07, 6.45) is 1.18. The van der Waals surface area contributed by atoms with Gasteiger partial charge in [-0.15, -0.1) is 0 Å². The van der Waals surface area contributed by atoms with E-state index in [0.717, 1.165) is 12.5 Å². The average Bonchev–Trinajstić information content (AvgIpc) is 1.86. The van der Waals surface area contributed by atoms with E-state index < -0.39 is 0 Å². The lowest BCUT2D eigenvalue weighted by molar-refractivity contribution is 0.160. The SMILES string of the molecule is CN[C@@H](COC)CC(C)C. The van der Waals surface area contributed by atoms with Crippen LogP contribution in [0.3, 0.4) is 0 Å². The van der Waals surface area contributed by atoms with Gasteiger partial charge in [0.2, 0.25) is 0 Å². The number of ether oxygens (including phenoxy) is 1. The molecule has 0 aliphatic carbocycles. The Morgan fingerprint density at radius 1 is 1.40 bits per heavy atom. The molecular weight excluding hydrogens is 126 g/mol. The third-order valence-electron chi connectivity index (χ3n) is 1.53. The van der Waals surface area contributed by atoms with Crippen molar-refractivity contribution in [3.8, 4) is 0 Å². The van der Waals surface area contributed by atoms with Crippen molar-refractivity contribution in [2.75, 3.05) is 20.8 Å². The minimum absolute atomic E-state index is 0.519. The maximum absolute atomic E-state index is 5.03. The zero-order chi connectivity index (χ0) is 7.98. The fourth-order valence-electron chi connectivity index (χ4n) is 1.04. The van der Waals surface area contributed by atoms with Crippen molar-refractivity contribution in [3.05, 3.63) is 0 Å². The van der Waals surface area contributed by atoms with Crippen molar-refractivity contribution in [2.24, 2.45) is 5.92 Å². The Hall–Kier alpha value is -0.0800. The number of nitrogens with one attached hydrogen (secondary N) is 1. The van der Waals surface area contributed by atoms with Gasteiger partial charge in [-0.1, -0.05) is 13.8 Å². The lowest BCUT2D eigenvalue weighted by atomic mass is 10.1. The van der Waals surface area contributed by atoms with Crippen LogP contribution in [0.4, 0.5) is 0 Å². The summed E-state index contributed by atoms with van der Waals surface area (Å²) in [5.74, 6) is 0.743. The highest BCUT2D eigenvalue weighted by atomic mass is 16.5. The molecule has 0 rings (SSSR count). The molecular formula is C8H19NO. The van der Waals surface area contributed by atoms with E-state index in [1.807, 2.05) is 7.05 Å². The normalized spacial score (nSPS) is 14.1. The molecule has 0 spiro atoms. The van der Waals surface area contributed by atoms with Crippen LogP contribution in [0.1, 0.15) is 20.3 Å². The van der Waals surface area contributed by atoms with Crippen LogP contribution in [-0.4, -0.2) is 26.8 Å². The molecule has 0 aliphatic heterocycles. The Labute approximate surface area is 64.0 Å². The average molecular weight is 145 g/mol. The van der Waals surface area contributed by atoms with Crippen LogP contribution in [0, 0.1) is 5.92 Å². The monoisotopic (exact) mass is 145 g/mol. The molecule has 62 valence electrons. The molecule has 0 unspecified atom stereocenters. The lowest BCUT2D eigenvalue weighted by Gasteiger charge is -2.16. The molecule has 0 heterocycles. The van der Waals surface area contributed by atoms with E-state index in [-0.39, 0.29) is 0 Å². The fourth-order valence-corrected chi connectivity index (χ4v) is 1.04. The molecule has 0 fully saturated rings. The van der Waals surface area contributed by atoms with Gasteiger partial charge in [0.05, 0.1) is 6.61 Å². The summed E-state index contributed by atoms with van der Waals surface area (Å²) >= 11 is 0. The van der Waals surface area contributed by atoms with E-state index in [2.05, 4.69) is 19.2 Å². The Morgan fingerprint density at radius 2 is 2.00 bits per heavy atom. The second-order valence-corrected chi connectivity index (χ2v) is 3.07. The second kappa shape index (κ2) is 5.69. The Morgan fingerprint density at radius 3 is 2.30 bits per heavy atom. The Balaban J connectivity index is 3.39. The van der Waals surface area contributed by atoms with Gasteiger partial charge in [-0.05, 0) is 19.4 Å². The van der Waals surface area contributed by atoms with Crippen LogP contribution in [0.2, 0.25) is 0 Å². The van der Waals surface area contributed by atoms with Crippen LogP contribution >= 0.6 is 0 Å². The molecule has 0 aromatic rings. The van der Waals surface area contributed by atoms with Crippen molar-refractivity contribution in [2.45, 2.75) is 26.3 Å². The van der Waals surface area contributed by atoms with Gasteiger partial charge in [0.15, 0.2) is 0 Å². The van der Waals surface area contributed by atoms with Gasteiger partial charge in [0.25, 0.3) is 0 Å². The first-order chi connectivity index (χ1) is 4.70. The van der Waals surface area contributed by atoms with Crippen molar-refractivity contribution in [1.29, 1.82) is 0 Å². The highest BCUT2D eigenvalue weighted by Gasteiger charge is 2.06. The zero-order valence-electron chi connectivity index (χ0n) is 7.48. The van der Waals surface area contributed by atoms with Gasteiger partial charge in [-0.2, -0.15) is 0 Å². The first kappa shape index (κ1) is 9.92. The summed E-state index contributed by atoms with van der Waals surface area (Å²) in [7, 11) is 3.72. The smallest absolute Gasteiger partial charge is 0.0615 e. The summed E-state index contributed by atoms with van der Waals surface area (Å²) in [6, 6.07) is 0.519. The second-order valence-electron chi connectivity index (χ2n) is 3.07. The van der Waals surface area contributed by atoms with E-state index in [0.29, 0.717) is 6.04 Å². The lowest BCUT2D eigenvalue weighted by Crippen LogP contribution is -2.31. The molecule has 0 saturated heterocycles. The largest absolute Gasteiger partial charge is 0.383 e. The maximum Gasteiger partial charge on any atom is 0.0615 e. The van der Waals surface area contributed by atoms with Crippen molar-refractivity contribution >= 4 is 0 Å². The van der Waals surface area contributed by atoms with Crippen molar-refractivity contribution < 1.29 is 4.74 Å². The van der Waals surface area contributed by atoms with Gasteiger partial charge >= 0.3 is 0 Å². The molecule has 2 nitrogen and oxygen atoms in total. The molecule has 0 aromatic carbocycles. The molecule has 0 radical (unpaired) electrons. The highest BCUT2D eigenvalue weighted by Crippen LogP contribution is 2.03. The van der Waals surface area contributed by atoms with E-state index in [4.69, 9.17) is 4.74 Å². The third kappa shape index (κ3) is 4.77. The molecule has 0 aromatic heterocycles. The predicted molar refractivity (Wildman–Crippen MR) is 44.2 cm³/mol. The van der Waals surface area contributed by atoms with E-state index >= 15 is 0 Å². The highest BCUT2D eigenvalue weighted by molar-refractivity contribution is 4.64. The fraction of sp³-hybridized carbons (Fsp3) is 1.00. The minimum atomic E-state index is 0.519. The Kier molecular flexibility index (Phi) is 5.64. The van der Waals surface area contributed by atoms with Gasteiger partial charge in [-0.3, -0.25) is 0 Å². The number of rotatable bonds is 5. The third-order valence-corrected chi connectivity index (χ3v) is 1.53. The maximum atomic E-state index is 5.03. The van der Waals surface area contributed by atoms with Gasteiger partial charge in [-0.25, -0.2) is 0 Å². The van der Waals surface area contributed by atoms with Crippen molar-refractivity contribution in [3.63, 3.8) is 0 Å². The van der Waals surface area contributed by atoms with E-state index in [1.54, 1.807) is 7.11 Å². The Bertz CT molecular complexity index is 73.7. The number of hydrogen-bond acceptors (Lipinski definition) is 2. The molecule has 10 heavy (non-hydrogen) atoms. The topological polar surface area (TPSA) is 21.3 Å². The van der Waals surface area contributed by atoms with Crippen LogP contribution < -0.4 is 5.32 Å². The first-order valence-electron chi connectivity index (χ1n) is 3.87. The van der Waals surface area contributed by atoms with Crippen LogP contribution in [0.15, 0.2) is 0 Å². The molecule has 2 heteroatoms. The zero-order valence-corrected chi connectivity index (χ0v) is 7.48. The quantitative estimate of drug-likeness (QED) is 0.629. The summed E-state index contributed by atoms with van der Waals surface area (Å²) in [4.78, 5) is 0. The molecule has 0 saturated carbocycles. The van der Waals surface area contributed by atoms with Gasteiger partial charge in [0, 0.05) is 13.2 Å². The first-order valence-corrected chi connectivity index (χ1v) is 3.87. The number of methoxy groups -OCH3 is 1. The molecule has 0 amide bonds. The summed E-state index contributed by atoms with van der Waals surface area (Å²) in [6.45, 7) is 5.26. The summed E-state index contributed by atoms with van der Waals surface area (Å²) in [5.41, 5.74) is 0. The standard InChI is InChI=1S/C8H19NO/c1-7(2)5-8(9-3)6-10-4/h7-9H,5-6H2,1-4H3/t8-/m1/s1.